The second-order valence-corrected chi connectivity index (χ2v) is 5.20. The van der Waals surface area contributed by atoms with E-state index in [1.807, 2.05) is 31.2 Å². The van der Waals surface area contributed by atoms with Gasteiger partial charge in [0.2, 0.25) is 0 Å². The summed E-state index contributed by atoms with van der Waals surface area (Å²) in [6.07, 6.45) is 0. The third-order valence-electron chi connectivity index (χ3n) is 3.68. The zero-order chi connectivity index (χ0) is 17.7. The lowest BCUT2D eigenvalue weighted by Crippen LogP contribution is -2.30. The summed E-state index contributed by atoms with van der Waals surface area (Å²) < 4.78 is 5.11. The number of carbonyl (C=O) groups is 1. The molecule has 1 amide bonds. The van der Waals surface area contributed by atoms with Gasteiger partial charge in [-0.1, -0.05) is 12.1 Å². The van der Waals surface area contributed by atoms with Crippen LogP contribution in [0, 0.1) is 10.1 Å². The first-order chi connectivity index (χ1) is 11.5. The lowest BCUT2D eigenvalue weighted by Gasteiger charge is -2.21. The first-order valence-corrected chi connectivity index (χ1v) is 7.42. The maximum Gasteiger partial charge on any atom is 0.292 e. The van der Waals surface area contributed by atoms with Crippen LogP contribution < -0.4 is 10.5 Å². The van der Waals surface area contributed by atoms with E-state index in [1.54, 1.807) is 12.0 Å². The lowest BCUT2D eigenvalue weighted by atomic mass is 10.1. The van der Waals surface area contributed by atoms with Crippen LogP contribution in [0.5, 0.6) is 5.75 Å². The van der Waals surface area contributed by atoms with Crippen molar-refractivity contribution in [3.63, 3.8) is 0 Å². The summed E-state index contributed by atoms with van der Waals surface area (Å²) in [6, 6.07) is 11.5. The molecule has 0 unspecified atom stereocenters. The van der Waals surface area contributed by atoms with Crippen LogP contribution in [0.4, 0.5) is 11.4 Å². The lowest BCUT2D eigenvalue weighted by molar-refractivity contribution is -0.383. The summed E-state index contributed by atoms with van der Waals surface area (Å²) >= 11 is 0. The standard InChI is InChI=1S/C17H19N3O4/c1-3-19(11-12-4-7-14(24-2)8-5-12)17(21)13-6-9-15(18)16(10-13)20(22)23/h4-10H,3,11,18H2,1-2H3. The second-order valence-electron chi connectivity index (χ2n) is 5.20. The molecule has 0 bridgehead atoms. The van der Waals surface area contributed by atoms with Crippen LogP contribution >= 0.6 is 0 Å². The number of nitrogens with zero attached hydrogens (tertiary/aromatic N) is 2. The summed E-state index contributed by atoms with van der Waals surface area (Å²) in [5.74, 6) is 0.457. The topological polar surface area (TPSA) is 98.7 Å². The number of ether oxygens (including phenoxy) is 1. The summed E-state index contributed by atoms with van der Waals surface area (Å²) in [5.41, 5.74) is 6.53. The number of nitro benzene ring substituents is 1. The molecule has 0 heterocycles. The van der Waals surface area contributed by atoms with Gasteiger partial charge in [-0.15, -0.1) is 0 Å². The maximum absolute atomic E-state index is 12.6. The Morgan fingerprint density at radius 1 is 1.25 bits per heavy atom. The van der Waals surface area contributed by atoms with E-state index < -0.39 is 4.92 Å². The van der Waals surface area contributed by atoms with Crippen molar-refractivity contribution in [3.8, 4) is 5.75 Å². The zero-order valence-electron chi connectivity index (χ0n) is 13.6. The Morgan fingerprint density at radius 3 is 2.46 bits per heavy atom. The van der Waals surface area contributed by atoms with Crippen LogP contribution in [-0.2, 0) is 6.54 Å². The number of carbonyl (C=O) groups excluding carboxylic acids is 1. The van der Waals surface area contributed by atoms with Crippen molar-refractivity contribution in [2.45, 2.75) is 13.5 Å². The van der Waals surface area contributed by atoms with E-state index in [2.05, 4.69) is 0 Å². The number of benzene rings is 2. The van der Waals surface area contributed by atoms with Gasteiger partial charge in [-0.2, -0.15) is 0 Å². The predicted molar refractivity (Wildman–Crippen MR) is 90.9 cm³/mol. The van der Waals surface area contributed by atoms with E-state index in [0.29, 0.717) is 13.1 Å². The molecule has 7 nitrogen and oxygen atoms in total. The van der Waals surface area contributed by atoms with Crippen molar-refractivity contribution in [1.29, 1.82) is 0 Å². The molecule has 0 fully saturated rings. The molecule has 2 rings (SSSR count). The van der Waals surface area contributed by atoms with E-state index in [4.69, 9.17) is 10.5 Å². The summed E-state index contributed by atoms with van der Waals surface area (Å²) in [5, 5.41) is 11.0. The number of nitro groups is 1. The normalized spacial score (nSPS) is 10.2. The Morgan fingerprint density at radius 2 is 1.92 bits per heavy atom. The maximum atomic E-state index is 12.6. The van der Waals surface area contributed by atoms with Crippen molar-refractivity contribution in [2.24, 2.45) is 0 Å². The quantitative estimate of drug-likeness (QED) is 0.499. The number of nitrogens with two attached hydrogens (primary N) is 1. The molecular formula is C17H19N3O4. The number of rotatable bonds is 6. The highest BCUT2D eigenvalue weighted by Gasteiger charge is 2.19. The van der Waals surface area contributed by atoms with Gasteiger partial charge in [0.25, 0.3) is 11.6 Å². The molecule has 0 aliphatic heterocycles. The van der Waals surface area contributed by atoms with Crippen molar-refractivity contribution in [1.82, 2.24) is 4.90 Å². The molecule has 0 aromatic heterocycles. The van der Waals surface area contributed by atoms with E-state index in [9.17, 15) is 14.9 Å². The van der Waals surface area contributed by atoms with Crippen molar-refractivity contribution in [3.05, 3.63) is 63.7 Å². The second kappa shape index (κ2) is 7.45. The van der Waals surface area contributed by atoms with E-state index in [0.717, 1.165) is 11.3 Å². The van der Waals surface area contributed by atoms with Gasteiger partial charge in [-0.25, -0.2) is 0 Å². The fourth-order valence-corrected chi connectivity index (χ4v) is 2.30. The van der Waals surface area contributed by atoms with Crippen LogP contribution in [0.3, 0.4) is 0 Å². The van der Waals surface area contributed by atoms with Gasteiger partial charge in [0.15, 0.2) is 0 Å². The molecule has 2 N–H and O–H groups in total. The Kier molecular flexibility index (Phi) is 5.36. The molecule has 126 valence electrons. The Labute approximate surface area is 139 Å². The monoisotopic (exact) mass is 329 g/mol. The number of methoxy groups -OCH3 is 1. The molecular weight excluding hydrogens is 310 g/mol. The van der Waals surface area contributed by atoms with E-state index in [-0.39, 0.29) is 22.8 Å². The SMILES string of the molecule is CCN(Cc1ccc(OC)cc1)C(=O)c1ccc(N)c([N+](=O)[O-])c1. The molecule has 0 atom stereocenters. The van der Waals surface area contributed by atoms with Gasteiger partial charge >= 0.3 is 0 Å². The Balaban J connectivity index is 2.21. The molecule has 2 aromatic rings. The first-order valence-electron chi connectivity index (χ1n) is 7.42. The van der Waals surface area contributed by atoms with Crippen molar-refractivity contribution < 1.29 is 14.5 Å². The summed E-state index contributed by atoms with van der Waals surface area (Å²) in [7, 11) is 1.59. The number of amides is 1. The summed E-state index contributed by atoms with van der Waals surface area (Å²) in [4.78, 5) is 24.6. The Hall–Kier alpha value is -3.09. The van der Waals surface area contributed by atoms with Gasteiger partial charge in [-0.05, 0) is 36.8 Å². The highest BCUT2D eigenvalue weighted by atomic mass is 16.6. The third kappa shape index (κ3) is 3.81. The third-order valence-corrected chi connectivity index (χ3v) is 3.68. The largest absolute Gasteiger partial charge is 0.497 e. The fourth-order valence-electron chi connectivity index (χ4n) is 2.30. The average Bonchev–Trinajstić information content (AvgIpc) is 2.59. The molecule has 0 saturated heterocycles. The molecule has 2 aromatic carbocycles. The fraction of sp³-hybridized carbons (Fsp3) is 0.235. The summed E-state index contributed by atoms with van der Waals surface area (Å²) in [6.45, 7) is 2.73. The van der Waals surface area contributed by atoms with E-state index in [1.165, 1.54) is 18.2 Å². The van der Waals surface area contributed by atoms with Gasteiger partial charge in [0, 0.05) is 24.7 Å². The molecule has 0 saturated carbocycles. The number of nitrogen functional groups attached to an aromatic ring is 1. The van der Waals surface area contributed by atoms with Crippen LogP contribution in [0.1, 0.15) is 22.8 Å². The Bertz CT molecular complexity index is 744. The van der Waals surface area contributed by atoms with Gasteiger partial charge < -0.3 is 15.4 Å². The van der Waals surface area contributed by atoms with Gasteiger partial charge in [-0.3, -0.25) is 14.9 Å². The number of hydrogen-bond donors (Lipinski definition) is 1. The highest BCUT2D eigenvalue weighted by Crippen LogP contribution is 2.23. The van der Waals surface area contributed by atoms with Crippen LogP contribution in [0.15, 0.2) is 42.5 Å². The minimum Gasteiger partial charge on any atom is -0.497 e. The average molecular weight is 329 g/mol. The molecule has 0 aliphatic carbocycles. The van der Waals surface area contributed by atoms with Crippen LogP contribution in [0.2, 0.25) is 0 Å². The first kappa shape index (κ1) is 17.3. The van der Waals surface area contributed by atoms with Gasteiger partial charge in [0.1, 0.15) is 11.4 Å². The van der Waals surface area contributed by atoms with Crippen molar-refractivity contribution >= 4 is 17.3 Å². The molecule has 0 aliphatic rings. The minimum atomic E-state index is -0.591. The van der Waals surface area contributed by atoms with Gasteiger partial charge in [0.05, 0.1) is 12.0 Å². The molecule has 7 heteroatoms. The zero-order valence-corrected chi connectivity index (χ0v) is 13.6. The van der Waals surface area contributed by atoms with E-state index >= 15 is 0 Å². The van der Waals surface area contributed by atoms with Crippen LogP contribution in [-0.4, -0.2) is 29.4 Å². The number of anilines is 1. The minimum absolute atomic E-state index is 0.0368. The molecule has 0 radical (unpaired) electrons. The highest BCUT2D eigenvalue weighted by molar-refractivity contribution is 5.95. The smallest absolute Gasteiger partial charge is 0.292 e. The predicted octanol–water partition coefficient (Wildman–Crippen LogP) is 2.85. The number of hydrogen-bond acceptors (Lipinski definition) is 5. The van der Waals surface area contributed by atoms with Crippen LogP contribution in [0.25, 0.3) is 0 Å². The molecule has 0 spiro atoms. The molecule has 24 heavy (non-hydrogen) atoms. The van der Waals surface area contributed by atoms with Crippen molar-refractivity contribution in [2.75, 3.05) is 19.4 Å².